The SMILES string of the molecule is C[C@H](NC(=O)[C@@H]1C[C@H](NC(=O)OC(C)(C)C)CN1)C(N)=O. The van der Waals surface area contributed by atoms with E-state index in [0.29, 0.717) is 13.0 Å². The minimum Gasteiger partial charge on any atom is -0.444 e. The molecule has 0 unspecified atom stereocenters. The van der Waals surface area contributed by atoms with Crippen LogP contribution in [0, 0.1) is 0 Å². The molecule has 1 aliphatic rings. The topological polar surface area (TPSA) is 123 Å². The predicted octanol–water partition coefficient (Wildman–Crippen LogP) is -0.768. The fourth-order valence-electron chi connectivity index (χ4n) is 1.90. The zero-order valence-electron chi connectivity index (χ0n) is 12.9. The number of alkyl carbamates (subject to hydrolysis) is 1. The van der Waals surface area contributed by atoms with Gasteiger partial charge in [0.25, 0.3) is 0 Å². The molecule has 21 heavy (non-hydrogen) atoms. The first kappa shape index (κ1) is 17.2. The highest BCUT2D eigenvalue weighted by Crippen LogP contribution is 2.10. The minimum atomic E-state index is -0.725. The summed E-state index contributed by atoms with van der Waals surface area (Å²) in [6.45, 7) is 7.32. The molecule has 0 aromatic rings. The van der Waals surface area contributed by atoms with Gasteiger partial charge < -0.3 is 26.4 Å². The smallest absolute Gasteiger partial charge is 0.407 e. The maximum atomic E-state index is 11.9. The lowest BCUT2D eigenvalue weighted by Gasteiger charge is -2.21. The Balaban J connectivity index is 2.40. The van der Waals surface area contributed by atoms with Crippen LogP contribution < -0.4 is 21.7 Å². The number of nitrogens with one attached hydrogen (secondary N) is 3. The summed E-state index contributed by atoms with van der Waals surface area (Å²) in [5, 5.41) is 8.20. The van der Waals surface area contributed by atoms with Gasteiger partial charge in [0, 0.05) is 12.6 Å². The van der Waals surface area contributed by atoms with E-state index in [1.807, 2.05) is 0 Å². The van der Waals surface area contributed by atoms with Gasteiger partial charge in [0.05, 0.1) is 6.04 Å². The van der Waals surface area contributed by atoms with Crippen LogP contribution in [0.1, 0.15) is 34.1 Å². The summed E-state index contributed by atoms with van der Waals surface area (Å²) in [5.74, 6) is -0.903. The fraction of sp³-hybridized carbons (Fsp3) is 0.769. The second kappa shape index (κ2) is 6.75. The fourth-order valence-corrected chi connectivity index (χ4v) is 1.90. The third-order valence-corrected chi connectivity index (χ3v) is 2.95. The monoisotopic (exact) mass is 300 g/mol. The first-order chi connectivity index (χ1) is 9.58. The van der Waals surface area contributed by atoms with E-state index in [9.17, 15) is 14.4 Å². The van der Waals surface area contributed by atoms with Crippen LogP contribution in [0.15, 0.2) is 0 Å². The van der Waals surface area contributed by atoms with Gasteiger partial charge in [-0.15, -0.1) is 0 Å². The van der Waals surface area contributed by atoms with Gasteiger partial charge in [0.1, 0.15) is 11.6 Å². The maximum Gasteiger partial charge on any atom is 0.407 e. The third-order valence-electron chi connectivity index (χ3n) is 2.95. The highest BCUT2D eigenvalue weighted by molar-refractivity contribution is 5.89. The highest BCUT2D eigenvalue weighted by Gasteiger charge is 2.32. The van der Waals surface area contributed by atoms with Crippen LogP contribution in [-0.4, -0.2) is 48.2 Å². The van der Waals surface area contributed by atoms with Gasteiger partial charge in [-0.3, -0.25) is 9.59 Å². The molecule has 0 aliphatic carbocycles. The molecule has 0 spiro atoms. The van der Waals surface area contributed by atoms with Crippen molar-refractivity contribution < 1.29 is 19.1 Å². The molecule has 0 aromatic carbocycles. The van der Waals surface area contributed by atoms with Crippen LogP contribution in [0.5, 0.6) is 0 Å². The highest BCUT2D eigenvalue weighted by atomic mass is 16.6. The Bertz CT molecular complexity index is 419. The summed E-state index contributed by atoms with van der Waals surface area (Å²) >= 11 is 0. The van der Waals surface area contributed by atoms with Gasteiger partial charge in [-0.05, 0) is 34.1 Å². The number of nitrogens with two attached hydrogens (primary N) is 1. The van der Waals surface area contributed by atoms with Crippen molar-refractivity contribution in [3.63, 3.8) is 0 Å². The summed E-state index contributed by atoms with van der Waals surface area (Å²) < 4.78 is 5.15. The molecule has 1 heterocycles. The first-order valence-corrected chi connectivity index (χ1v) is 6.91. The largest absolute Gasteiger partial charge is 0.444 e. The Labute approximate surface area is 124 Å². The van der Waals surface area contributed by atoms with E-state index in [2.05, 4.69) is 16.0 Å². The normalized spacial score (nSPS) is 23.2. The molecule has 120 valence electrons. The van der Waals surface area contributed by atoms with Gasteiger partial charge >= 0.3 is 6.09 Å². The molecule has 5 N–H and O–H groups in total. The summed E-state index contributed by atoms with van der Waals surface area (Å²) in [6.07, 6.45) is -0.0859. The number of carbonyl (C=O) groups excluding carboxylic acids is 3. The van der Waals surface area contributed by atoms with E-state index in [1.54, 1.807) is 20.8 Å². The molecule has 3 amide bonds. The van der Waals surface area contributed by atoms with Crippen LogP contribution in [0.2, 0.25) is 0 Å². The Kier molecular flexibility index (Phi) is 5.54. The molecule has 1 saturated heterocycles. The number of hydrogen-bond acceptors (Lipinski definition) is 5. The van der Waals surface area contributed by atoms with Gasteiger partial charge in [0.15, 0.2) is 0 Å². The average molecular weight is 300 g/mol. The van der Waals surface area contributed by atoms with Crippen molar-refractivity contribution in [2.45, 2.75) is 57.8 Å². The molecule has 3 atom stereocenters. The number of rotatable bonds is 4. The van der Waals surface area contributed by atoms with E-state index in [-0.39, 0.29) is 11.9 Å². The third kappa shape index (κ3) is 5.99. The lowest BCUT2D eigenvalue weighted by atomic mass is 10.1. The number of amides is 3. The number of hydrogen-bond donors (Lipinski definition) is 4. The van der Waals surface area contributed by atoms with Gasteiger partial charge in [-0.25, -0.2) is 4.79 Å². The van der Waals surface area contributed by atoms with Crippen LogP contribution >= 0.6 is 0 Å². The molecule has 1 fully saturated rings. The van der Waals surface area contributed by atoms with E-state index in [1.165, 1.54) is 6.92 Å². The lowest BCUT2D eigenvalue weighted by Crippen LogP contribution is -2.48. The zero-order valence-corrected chi connectivity index (χ0v) is 12.9. The van der Waals surface area contributed by atoms with Gasteiger partial charge in [-0.2, -0.15) is 0 Å². The Morgan fingerprint density at radius 3 is 2.48 bits per heavy atom. The zero-order chi connectivity index (χ0) is 16.2. The van der Waals surface area contributed by atoms with E-state index in [4.69, 9.17) is 10.5 Å². The Morgan fingerprint density at radius 1 is 1.33 bits per heavy atom. The number of primary amides is 1. The van der Waals surface area contributed by atoms with Crippen molar-refractivity contribution in [1.29, 1.82) is 0 Å². The van der Waals surface area contributed by atoms with Crippen molar-refractivity contribution in [1.82, 2.24) is 16.0 Å². The van der Waals surface area contributed by atoms with Crippen molar-refractivity contribution in [2.75, 3.05) is 6.54 Å². The van der Waals surface area contributed by atoms with Crippen LogP contribution in [-0.2, 0) is 14.3 Å². The second-order valence-electron chi connectivity index (χ2n) is 6.17. The second-order valence-corrected chi connectivity index (χ2v) is 6.17. The molecule has 0 bridgehead atoms. The predicted molar refractivity (Wildman–Crippen MR) is 76.4 cm³/mol. The van der Waals surface area contributed by atoms with Gasteiger partial charge in [0.2, 0.25) is 11.8 Å². The van der Waals surface area contributed by atoms with Crippen molar-refractivity contribution in [3.05, 3.63) is 0 Å². The minimum absolute atomic E-state index is 0.195. The van der Waals surface area contributed by atoms with Crippen molar-refractivity contribution in [2.24, 2.45) is 5.73 Å². The molecule has 1 rings (SSSR count). The molecule has 0 saturated carbocycles. The summed E-state index contributed by atoms with van der Waals surface area (Å²) in [4.78, 5) is 34.4. The van der Waals surface area contributed by atoms with Gasteiger partial charge in [-0.1, -0.05) is 0 Å². The Hall–Kier alpha value is -1.83. The molecule has 0 radical (unpaired) electrons. The lowest BCUT2D eigenvalue weighted by molar-refractivity contribution is -0.128. The quantitative estimate of drug-likeness (QED) is 0.543. The summed E-state index contributed by atoms with van der Waals surface area (Å²) in [7, 11) is 0. The summed E-state index contributed by atoms with van der Waals surface area (Å²) in [6, 6.07) is -1.39. The standard InChI is InChI=1S/C13H24N4O4/c1-7(10(14)18)16-11(19)9-5-8(6-15-9)17-12(20)21-13(2,3)4/h7-9,15H,5-6H2,1-4H3,(H2,14,18)(H,16,19)(H,17,20)/t7-,8-,9-/m0/s1. The van der Waals surface area contributed by atoms with Crippen LogP contribution in [0.25, 0.3) is 0 Å². The van der Waals surface area contributed by atoms with Crippen LogP contribution in [0.4, 0.5) is 4.79 Å². The van der Waals surface area contributed by atoms with Crippen molar-refractivity contribution >= 4 is 17.9 Å². The van der Waals surface area contributed by atoms with E-state index in [0.717, 1.165) is 0 Å². The molecule has 8 heteroatoms. The molecule has 8 nitrogen and oxygen atoms in total. The molecule has 0 aromatic heterocycles. The van der Waals surface area contributed by atoms with Crippen LogP contribution in [0.3, 0.4) is 0 Å². The first-order valence-electron chi connectivity index (χ1n) is 6.91. The molecule has 1 aliphatic heterocycles. The Morgan fingerprint density at radius 2 is 1.95 bits per heavy atom. The average Bonchev–Trinajstić information content (AvgIpc) is 2.74. The van der Waals surface area contributed by atoms with E-state index < -0.39 is 29.7 Å². The number of carbonyl (C=O) groups is 3. The molecular weight excluding hydrogens is 276 g/mol. The number of ether oxygens (including phenoxy) is 1. The van der Waals surface area contributed by atoms with Crippen molar-refractivity contribution in [3.8, 4) is 0 Å². The summed E-state index contributed by atoms with van der Waals surface area (Å²) in [5.41, 5.74) is 4.52. The van der Waals surface area contributed by atoms with E-state index >= 15 is 0 Å². The molecular formula is C13H24N4O4. The maximum absolute atomic E-state index is 11.9.